The van der Waals surface area contributed by atoms with Gasteiger partial charge in [0, 0.05) is 19.5 Å². The highest BCUT2D eigenvalue weighted by atomic mass is 16.2. The fraction of sp³-hybridized carbons (Fsp3) is 0.333. The van der Waals surface area contributed by atoms with E-state index < -0.39 is 0 Å². The van der Waals surface area contributed by atoms with Crippen molar-refractivity contribution in [2.24, 2.45) is 0 Å². The zero-order valence-electron chi connectivity index (χ0n) is 14.6. The van der Waals surface area contributed by atoms with Crippen LogP contribution in [0.5, 0.6) is 0 Å². The van der Waals surface area contributed by atoms with Crippen molar-refractivity contribution in [2.45, 2.75) is 32.7 Å². The molecule has 1 aromatic heterocycles. The average molecular weight is 333 g/mol. The molecule has 3 aromatic rings. The highest BCUT2D eigenvalue weighted by Crippen LogP contribution is 2.21. The lowest BCUT2D eigenvalue weighted by atomic mass is 10.1. The minimum atomic E-state index is 0.201. The standard InChI is InChI=1S/C21H23N3O/c1-16-8-2-3-9-17(16)14-20-22-18-10-4-5-11-19(18)24(20)15-21(25)23-12-6-7-13-23/h2-5,8-11H,6-7,12-15H2,1H3. The molecule has 1 amide bonds. The molecule has 0 unspecified atom stereocenters. The van der Waals surface area contributed by atoms with E-state index in [2.05, 4.69) is 41.8 Å². The number of fused-ring (bicyclic) bond motifs is 1. The van der Waals surface area contributed by atoms with Crippen LogP contribution >= 0.6 is 0 Å². The van der Waals surface area contributed by atoms with Crippen LogP contribution in [-0.2, 0) is 17.8 Å². The predicted molar refractivity (Wildman–Crippen MR) is 99.5 cm³/mol. The summed E-state index contributed by atoms with van der Waals surface area (Å²) in [5, 5.41) is 0. The average Bonchev–Trinajstić information content (AvgIpc) is 3.26. The quantitative estimate of drug-likeness (QED) is 0.732. The second-order valence-electron chi connectivity index (χ2n) is 6.79. The van der Waals surface area contributed by atoms with Crippen molar-refractivity contribution in [3.8, 4) is 0 Å². The minimum Gasteiger partial charge on any atom is -0.341 e. The zero-order valence-corrected chi connectivity index (χ0v) is 14.6. The van der Waals surface area contributed by atoms with E-state index in [1.165, 1.54) is 11.1 Å². The number of carbonyl (C=O) groups is 1. The molecule has 1 fully saturated rings. The Morgan fingerprint density at radius 3 is 2.56 bits per heavy atom. The molecule has 25 heavy (non-hydrogen) atoms. The summed E-state index contributed by atoms with van der Waals surface area (Å²) in [5.74, 6) is 1.16. The van der Waals surface area contributed by atoms with Crippen LogP contribution in [0.15, 0.2) is 48.5 Å². The molecule has 0 saturated carbocycles. The molecular weight excluding hydrogens is 310 g/mol. The lowest BCUT2D eigenvalue weighted by molar-refractivity contribution is -0.130. The van der Waals surface area contributed by atoms with E-state index in [1.807, 2.05) is 23.1 Å². The van der Waals surface area contributed by atoms with E-state index in [-0.39, 0.29) is 5.91 Å². The largest absolute Gasteiger partial charge is 0.341 e. The lowest BCUT2D eigenvalue weighted by Crippen LogP contribution is -2.31. The molecule has 4 heteroatoms. The van der Waals surface area contributed by atoms with Gasteiger partial charge in [-0.3, -0.25) is 4.79 Å². The maximum absolute atomic E-state index is 12.7. The lowest BCUT2D eigenvalue weighted by Gasteiger charge is -2.17. The van der Waals surface area contributed by atoms with E-state index in [0.29, 0.717) is 6.54 Å². The van der Waals surface area contributed by atoms with Crippen molar-refractivity contribution >= 4 is 16.9 Å². The number of rotatable bonds is 4. The Kier molecular flexibility index (Phi) is 4.26. The molecule has 0 spiro atoms. The van der Waals surface area contributed by atoms with Gasteiger partial charge in [0.15, 0.2) is 0 Å². The molecule has 128 valence electrons. The first kappa shape index (κ1) is 15.9. The molecule has 1 saturated heterocycles. The predicted octanol–water partition coefficient (Wildman–Crippen LogP) is 3.56. The smallest absolute Gasteiger partial charge is 0.242 e. The van der Waals surface area contributed by atoms with E-state index in [1.54, 1.807) is 0 Å². The second-order valence-corrected chi connectivity index (χ2v) is 6.79. The van der Waals surface area contributed by atoms with E-state index in [9.17, 15) is 4.79 Å². The summed E-state index contributed by atoms with van der Waals surface area (Å²) in [6.45, 7) is 4.27. The van der Waals surface area contributed by atoms with Crippen LogP contribution in [0.4, 0.5) is 0 Å². The van der Waals surface area contributed by atoms with Crippen molar-refractivity contribution in [1.82, 2.24) is 14.5 Å². The summed E-state index contributed by atoms with van der Waals surface area (Å²) in [6.07, 6.45) is 2.98. The van der Waals surface area contributed by atoms with Crippen LogP contribution in [0.2, 0.25) is 0 Å². The van der Waals surface area contributed by atoms with Gasteiger partial charge in [-0.15, -0.1) is 0 Å². The number of carbonyl (C=O) groups excluding carboxylic acids is 1. The normalized spacial score (nSPS) is 14.4. The molecule has 0 radical (unpaired) electrons. The SMILES string of the molecule is Cc1ccccc1Cc1nc2ccccc2n1CC(=O)N1CCCC1. The number of imidazole rings is 1. The van der Waals surface area contributed by atoms with Gasteiger partial charge in [0.2, 0.25) is 5.91 Å². The number of aryl methyl sites for hydroxylation is 1. The molecule has 2 heterocycles. The number of hydrogen-bond acceptors (Lipinski definition) is 2. The molecular formula is C21H23N3O. The molecule has 0 aliphatic carbocycles. The number of benzene rings is 2. The Bertz CT molecular complexity index is 906. The van der Waals surface area contributed by atoms with Gasteiger partial charge in [0.1, 0.15) is 12.4 Å². The summed E-state index contributed by atoms with van der Waals surface area (Å²) in [4.78, 5) is 19.5. The van der Waals surface area contributed by atoms with Crippen LogP contribution in [0.1, 0.15) is 29.8 Å². The van der Waals surface area contributed by atoms with Crippen LogP contribution in [0.25, 0.3) is 11.0 Å². The van der Waals surface area contributed by atoms with Gasteiger partial charge in [-0.25, -0.2) is 4.98 Å². The second kappa shape index (κ2) is 6.71. The van der Waals surface area contributed by atoms with Crippen molar-refractivity contribution in [1.29, 1.82) is 0 Å². The monoisotopic (exact) mass is 333 g/mol. The number of aromatic nitrogens is 2. The van der Waals surface area contributed by atoms with Crippen LogP contribution < -0.4 is 0 Å². The number of amides is 1. The van der Waals surface area contributed by atoms with E-state index in [4.69, 9.17) is 4.98 Å². The molecule has 0 N–H and O–H groups in total. The molecule has 1 aliphatic rings. The van der Waals surface area contributed by atoms with Gasteiger partial charge in [-0.05, 0) is 43.0 Å². The van der Waals surface area contributed by atoms with E-state index >= 15 is 0 Å². The fourth-order valence-electron chi connectivity index (χ4n) is 3.62. The summed E-state index contributed by atoms with van der Waals surface area (Å²) in [7, 11) is 0. The first-order chi connectivity index (χ1) is 12.2. The number of hydrogen-bond donors (Lipinski definition) is 0. The third kappa shape index (κ3) is 3.16. The molecule has 4 rings (SSSR count). The maximum Gasteiger partial charge on any atom is 0.242 e. The molecule has 1 aliphatic heterocycles. The summed E-state index contributed by atoms with van der Waals surface area (Å²) in [5.41, 5.74) is 4.51. The Morgan fingerprint density at radius 2 is 1.76 bits per heavy atom. The Hall–Kier alpha value is -2.62. The Labute approximate surface area is 148 Å². The first-order valence-corrected chi connectivity index (χ1v) is 8.99. The number of nitrogens with zero attached hydrogens (tertiary/aromatic N) is 3. The third-order valence-corrected chi connectivity index (χ3v) is 5.10. The van der Waals surface area contributed by atoms with Gasteiger partial charge < -0.3 is 9.47 Å². The maximum atomic E-state index is 12.7. The summed E-state index contributed by atoms with van der Waals surface area (Å²) < 4.78 is 2.10. The summed E-state index contributed by atoms with van der Waals surface area (Å²) in [6, 6.07) is 16.5. The van der Waals surface area contributed by atoms with Gasteiger partial charge >= 0.3 is 0 Å². The number of likely N-dealkylation sites (tertiary alicyclic amines) is 1. The Morgan fingerprint density at radius 1 is 1.04 bits per heavy atom. The van der Waals surface area contributed by atoms with Crippen molar-refractivity contribution in [3.05, 3.63) is 65.5 Å². The van der Waals surface area contributed by atoms with Crippen LogP contribution in [0.3, 0.4) is 0 Å². The van der Waals surface area contributed by atoms with Crippen molar-refractivity contribution < 1.29 is 4.79 Å². The minimum absolute atomic E-state index is 0.201. The molecule has 2 aromatic carbocycles. The van der Waals surface area contributed by atoms with Gasteiger partial charge in [0.25, 0.3) is 0 Å². The number of para-hydroxylation sites is 2. The van der Waals surface area contributed by atoms with Gasteiger partial charge in [-0.1, -0.05) is 36.4 Å². The molecule has 4 nitrogen and oxygen atoms in total. The Balaban J connectivity index is 1.70. The molecule has 0 bridgehead atoms. The van der Waals surface area contributed by atoms with Gasteiger partial charge in [-0.2, -0.15) is 0 Å². The first-order valence-electron chi connectivity index (χ1n) is 8.99. The highest BCUT2D eigenvalue weighted by Gasteiger charge is 2.21. The van der Waals surface area contributed by atoms with Crippen LogP contribution in [-0.4, -0.2) is 33.4 Å². The van der Waals surface area contributed by atoms with Gasteiger partial charge in [0.05, 0.1) is 11.0 Å². The molecule has 0 atom stereocenters. The zero-order chi connectivity index (χ0) is 17.2. The third-order valence-electron chi connectivity index (χ3n) is 5.10. The highest BCUT2D eigenvalue weighted by molar-refractivity contribution is 5.81. The summed E-state index contributed by atoms with van der Waals surface area (Å²) >= 11 is 0. The fourth-order valence-corrected chi connectivity index (χ4v) is 3.62. The topological polar surface area (TPSA) is 38.1 Å². The van der Waals surface area contributed by atoms with Crippen molar-refractivity contribution in [3.63, 3.8) is 0 Å². The van der Waals surface area contributed by atoms with Crippen molar-refractivity contribution in [2.75, 3.05) is 13.1 Å². The van der Waals surface area contributed by atoms with Crippen LogP contribution in [0, 0.1) is 6.92 Å². The van der Waals surface area contributed by atoms with E-state index in [0.717, 1.165) is 49.2 Å².